The maximum Gasteiger partial charge on any atom is 0.291 e. The predicted octanol–water partition coefficient (Wildman–Crippen LogP) is 3.98. The van der Waals surface area contributed by atoms with Crippen LogP contribution in [0.2, 0.25) is 10.0 Å². The molecule has 6 heteroatoms. The van der Waals surface area contributed by atoms with E-state index in [9.17, 15) is 9.18 Å². The summed E-state index contributed by atoms with van der Waals surface area (Å²) in [4.78, 5) is 11.6. The number of amides is 1. The molecule has 2 rings (SSSR count). The van der Waals surface area contributed by atoms with Crippen molar-refractivity contribution in [1.82, 2.24) is 0 Å². The molecule has 1 aromatic carbocycles. The average Bonchev–Trinajstić information content (AvgIpc) is 2.79. The topological polar surface area (TPSA) is 42.2 Å². The van der Waals surface area contributed by atoms with Crippen molar-refractivity contribution in [3.8, 4) is 0 Å². The van der Waals surface area contributed by atoms with Crippen LogP contribution in [-0.4, -0.2) is 5.91 Å². The number of furan rings is 1. The van der Waals surface area contributed by atoms with Crippen molar-refractivity contribution in [2.45, 2.75) is 0 Å². The third-order valence-electron chi connectivity index (χ3n) is 1.99. The first-order chi connectivity index (χ1) is 8.08. The fourth-order valence-electron chi connectivity index (χ4n) is 1.23. The molecule has 1 heterocycles. The number of benzene rings is 1. The van der Waals surface area contributed by atoms with Gasteiger partial charge in [-0.1, -0.05) is 23.2 Å². The van der Waals surface area contributed by atoms with E-state index in [0.717, 1.165) is 0 Å². The summed E-state index contributed by atoms with van der Waals surface area (Å²) < 4.78 is 18.0. The Hall–Kier alpha value is -1.52. The molecule has 1 aromatic heterocycles. The highest BCUT2D eigenvalue weighted by Crippen LogP contribution is 2.27. The van der Waals surface area contributed by atoms with E-state index < -0.39 is 11.7 Å². The molecule has 17 heavy (non-hydrogen) atoms. The van der Waals surface area contributed by atoms with Crippen molar-refractivity contribution in [2.75, 3.05) is 5.32 Å². The van der Waals surface area contributed by atoms with Crippen molar-refractivity contribution in [3.63, 3.8) is 0 Å². The highest BCUT2D eigenvalue weighted by molar-refractivity contribution is 6.35. The number of anilines is 1. The fourth-order valence-corrected chi connectivity index (χ4v) is 1.72. The SMILES string of the molecule is O=C(Nc1cc(Cl)c(F)c(Cl)c1)c1ccco1. The van der Waals surface area contributed by atoms with E-state index in [4.69, 9.17) is 27.6 Å². The van der Waals surface area contributed by atoms with Crippen molar-refractivity contribution in [3.05, 3.63) is 52.2 Å². The first-order valence-corrected chi connectivity index (χ1v) is 5.33. The molecule has 0 radical (unpaired) electrons. The summed E-state index contributed by atoms with van der Waals surface area (Å²) in [6.45, 7) is 0. The summed E-state index contributed by atoms with van der Waals surface area (Å²) in [6, 6.07) is 5.62. The quantitative estimate of drug-likeness (QED) is 0.841. The number of rotatable bonds is 2. The monoisotopic (exact) mass is 273 g/mol. The molecule has 0 saturated carbocycles. The highest BCUT2D eigenvalue weighted by Gasteiger charge is 2.12. The molecule has 1 N–H and O–H groups in total. The smallest absolute Gasteiger partial charge is 0.291 e. The third kappa shape index (κ3) is 2.60. The standard InChI is InChI=1S/C11H6Cl2FNO2/c12-7-4-6(5-8(13)10(7)14)15-11(16)9-2-1-3-17-9/h1-5H,(H,15,16). The Morgan fingerprint density at radius 3 is 2.47 bits per heavy atom. The number of carbonyl (C=O) groups excluding carboxylic acids is 1. The number of hydrogen-bond donors (Lipinski definition) is 1. The van der Waals surface area contributed by atoms with Gasteiger partial charge in [0.2, 0.25) is 0 Å². The lowest BCUT2D eigenvalue weighted by atomic mass is 10.3. The lowest BCUT2D eigenvalue weighted by Gasteiger charge is -2.05. The van der Waals surface area contributed by atoms with Crippen LogP contribution in [0.15, 0.2) is 34.9 Å². The molecular weight excluding hydrogens is 268 g/mol. The third-order valence-corrected chi connectivity index (χ3v) is 2.54. The van der Waals surface area contributed by atoms with Gasteiger partial charge in [0.05, 0.1) is 16.3 Å². The molecular formula is C11H6Cl2FNO2. The maximum atomic E-state index is 13.1. The van der Waals surface area contributed by atoms with E-state index in [0.29, 0.717) is 5.69 Å². The summed E-state index contributed by atoms with van der Waals surface area (Å²) in [5.41, 5.74) is 0.294. The van der Waals surface area contributed by atoms with Crippen molar-refractivity contribution >= 4 is 34.8 Å². The van der Waals surface area contributed by atoms with Crippen LogP contribution in [0.25, 0.3) is 0 Å². The van der Waals surface area contributed by atoms with Crippen LogP contribution in [-0.2, 0) is 0 Å². The molecule has 0 unspecified atom stereocenters. The molecule has 0 fully saturated rings. The minimum Gasteiger partial charge on any atom is -0.459 e. The Bertz CT molecular complexity index is 532. The van der Waals surface area contributed by atoms with Gasteiger partial charge in [-0.25, -0.2) is 4.39 Å². The van der Waals surface area contributed by atoms with Crippen LogP contribution in [0.1, 0.15) is 10.6 Å². The van der Waals surface area contributed by atoms with Gasteiger partial charge in [-0.2, -0.15) is 0 Å². The van der Waals surface area contributed by atoms with E-state index in [2.05, 4.69) is 5.32 Å². The van der Waals surface area contributed by atoms with Gasteiger partial charge in [0.1, 0.15) is 0 Å². The first-order valence-electron chi connectivity index (χ1n) is 4.57. The van der Waals surface area contributed by atoms with Crippen molar-refractivity contribution in [1.29, 1.82) is 0 Å². The molecule has 0 atom stereocenters. The van der Waals surface area contributed by atoms with Gasteiger partial charge in [-0.05, 0) is 24.3 Å². The lowest BCUT2D eigenvalue weighted by molar-refractivity contribution is 0.0996. The number of carbonyl (C=O) groups is 1. The Kier molecular flexibility index (Phi) is 3.36. The lowest BCUT2D eigenvalue weighted by Crippen LogP contribution is -2.10. The van der Waals surface area contributed by atoms with E-state index in [1.165, 1.54) is 24.5 Å². The maximum absolute atomic E-state index is 13.1. The van der Waals surface area contributed by atoms with Crippen LogP contribution in [0.5, 0.6) is 0 Å². The molecule has 0 aliphatic heterocycles. The Morgan fingerprint density at radius 2 is 1.94 bits per heavy atom. The zero-order valence-electron chi connectivity index (χ0n) is 8.34. The predicted molar refractivity (Wildman–Crippen MR) is 63.1 cm³/mol. The van der Waals surface area contributed by atoms with Crippen LogP contribution in [0.4, 0.5) is 10.1 Å². The molecule has 88 valence electrons. The summed E-state index contributed by atoms with van der Waals surface area (Å²) in [5.74, 6) is -1.04. The zero-order valence-corrected chi connectivity index (χ0v) is 9.85. The van der Waals surface area contributed by atoms with E-state index >= 15 is 0 Å². The highest BCUT2D eigenvalue weighted by atomic mass is 35.5. The second kappa shape index (κ2) is 4.77. The fraction of sp³-hybridized carbons (Fsp3) is 0. The van der Waals surface area contributed by atoms with Gasteiger partial charge < -0.3 is 9.73 Å². The minimum absolute atomic E-state index is 0.140. The summed E-state index contributed by atoms with van der Waals surface area (Å²) in [6.07, 6.45) is 1.37. The zero-order chi connectivity index (χ0) is 12.4. The molecule has 1 amide bonds. The molecule has 0 aliphatic rings. The molecule has 2 aromatic rings. The van der Waals surface area contributed by atoms with Crippen molar-refractivity contribution in [2.24, 2.45) is 0 Å². The molecule has 3 nitrogen and oxygen atoms in total. The number of hydrogen-bond acceptors (Lipinski definition) is 2. The van der Waals surface area contributed by atoms with Gasteiger partial charge >= 0.3 is 0 Å². The molecule has 0 bridgehead atoms. The summed E-state index contributed by atoms with van der Waals surface area (Å²) in [5, 5.41) is 2.17. The molecule has 0 saturated heterocycles. The van der Waals surface area contributed by atoms with Crippen LogP contribution in [0, 0.1) is 5.82 Å². The Morgan fingerprint density at radius 1 is 1.29 bits per heavy atom. The van der Waals surface area contributed by atoms with E-state index in [1.54, 1.807) is 6.07 Å². The van der Waals surface area contributed by atoms with Gasteiger partial charge in [0, 0.05) is 5.69 Å². The van der Waals surface area contributed by atoms with Gasteiger partial charge in [0.15, 0.2) is 11.6 Å². The van der Waals surface area contributed by atoms with E-state index in [1.807, 2.05) is 0 Å². The second-order valence-electron chi connectivity index (χ2n) is 3.19. The van der Waals surface area contributed by atoms with Crippen molar-refractivity contribution < 1.29 is 13.6 Å². The first kappa shape index (κ1) is 12.0. The Labute approximate surface area is 106 Å². The van der Waals surface area contributed by atoms with Gasteiger partial charge in [-0.15, -0.1) is 0 Å². The summed E-state index contributed by atoms with van der Waals surface area (Å²) >= 11 is 11.2. The van der Waals surface area contributed by atoms with Crippen LogP contribution < -0.4 is 5.32 Å². The van der Waals surface area contributed by atoms with Gasteiger partial charge in [0.25, 0.3) is 5.91 Å². The number of nitrogens with one attached hydrogen (secondary N) is 1. The van der Waals surface area contributed by atoms with Crippen LogP contribution in [0.3, 0.4) is 0 Å². The second-order valence-corrected chi connectivity index (χ2v) is 4.00. The largest absolute Gasteiger partial charge is 0.459 e. The van der Waals surface area contributed by atoms with Crippen LogP contribution >= 0.6 is 23.2 Å². The van der Waals surface area contributed by atoms with E-state index in [-0.39, 0.29) is 15.8 Å². The average molecular weight is 274 g/mol. The molecule has 0 aliphatic carbocycles. The molecule has 0 spiro atoms. The minimum atomic E-state index is -0.718. The Balaban J connectivity index is 2.22. The number of halogens is 3. The normalized spacial score (nSPS) is 10.3. The summed E-state index contributed by atoms with van der Waals surface area (Å²) in [7, 11) is 0. The van der Waals surface area contributed by atoms with Gasteiger partial charge in [-0.3, -0.25) is 4.79 Å².